The summed E-state index contributed by atoms with van der Waals surface area (Å²) in [5, 5.41) is 12.7. The number of thioether (sulfide) groups is 1. The molecule has 7 nitrogen and oxygen atoms in total. The van der Waals surface area contributed by atoms with Gasteiger partial charge in [0.2, 0.25) is 0 Å². The second-order valence-corrected chi connectivity index (χ2v) is 7.41. The van der Waals surface area contributed by atoms with Crippen molar-refractivity contribution in [3.8, 4) is 5.69 Å². The van der Waals surface area contributed by atoms with Crippen molar-refractivity contribution in [2.24, 2.45) is 0 Å². The minimum absolute atomic E-state index is 0.102. The lowest BCUT2D eigenvalue weighted by Crippen LogP contribution is -2.28. The summed E-state index contributed by atoms with van der Waals surface area (Å²) in [5.74, 6) is -0.710. The van der Waals surface area contributed by atoms with Crippen LogP contribution in [0.2, 0.25) is 0 Å². The number of anilines is 1. The van der Waals surface area contributed by atoms with E-state index in [1.807, 2.05) is 36.5 Å². The van der Waals surface area contributed by atoms with E-state index >= 15 is 0 Å². The summed E-state index contributed by atoms with van der Waals surface area (Å²) in [6, 6.07) is 16.1. The quantitative estimate of drug-likeness (QED) is 0.498. The summed E-state index contributed by atoms with van der Waals surface area (Å²) in [7, 11) is 0. The zero-order chi connectivity index (χ0) is 21.1. The van der Waals surface area contributed by atoms with Crippen molar-refractivity contribution < 1.29 is 14.3 Å². The molecule has 0 radical (unpaired) electrons. The van der Waals surface area contributed by atoms with Crippen molar-refractivity contribution in [3.63, 3.8) is 0 Å². The van der Waals surface area contributed by atoms with E-state index in [-0.39, 0.29) is 11.1 Å². The molecule has 30 heavy (non-hydrogen) atoms. The van der Waals surface area contributed by atoms with Crippen LogP contribution in [0.25, 0.3) is 11.8 Å². The van der Waals surface area contributed by atoms with Gasteiger partial charge in [-0.3, -0.25) is 15.1 Å². The van der Waals surface area contributed by atoms with Gasteiger partial charge in [-0.1, -0.05) is 18.2 Å². The van der Waals surface area contributed by atoms with Crippen molar-refractivity contribution in [2.75, 3.05) is 11.5 Å². The molecule has 0 atom stereocenters. The van der Waals surface area contributed by atoms with Crippen LogP contribution < -0.4 is 4.90 Å². The van der Waals surface area contributed by atoms with Crippen molar-refractivity contribution in [2.45, 2.75) is 6.92 Å². The Morgan fingerprint density at radius 2 is 1.87 bits per heavy atom. The average molecular weight is 418 g/mol. The van der Waals surface area contributed by atoms with Crippen LogP contribution in [0.3, 0.4) is 0 Å². The molecule has 150 valence electrons. The van der Waals surface area contributed by atoms with Gasteiger partial charge in [-0.05, 0) is 61.2 Å². The maximum Gasteiger partial charge on any atom is 0.338 e. The molecule has 4 rings (SSSR count). The fraction of sp³-hybridized carbons (Fsp3) is 0.0909. The van der Waals surface area contributed by atoms with Crippen molar-refractivity contribution in [1.82, 2.24) is 9.78 Å². The molecule has 0 spiro atoms. The summed E-state index contributed by atoms with van der Waals surface area (Å²) < 4.78 is 6.70. The monoisotopic (exact) mass is 418 g/mol. The molecule has 1 aliphatic rings. The molecular weight excluding hydrogens is 400 g/mol. The SMILES string of the molecule is CCOC(=O)c1ccc(N2C(=N)S/C(=C/c3cnn(-c4ccccc4)c3)C2=O)cc1. The van der Waals surface area contributed by atoms with Gasteiger partial charge in [0.25, 0.3) is 5.91 Å². The van der Waals surface area contributed by atoms with Crippen LogP contribution >= 0.6 is 11.8 Å². The number of aromatic nitrogens is 2. The largest absolute Gasteiger partial charge is 0.462 e. The van der Waals surface area contributed by atoms with Gasteiger partial charge in [0.15, 0.2) is 5.17 Å². The summed E-state index contributed by atoms with van der Waals surface area (Å²) in [5.41, 5.74) is 2.61. The highest BCUT2D eigenvalue weighted by atomic mass is 32.2. The molecule has 1 aromatic heterocycles. The molecule has 1 amide bonds. The van der Waals surface area contributed by atoms with E-state index < -0.39 is 5.97 Å². The van der Waals surface area contributed by atoms with E-state index in [1.165, 1.54) is 4.90 Å². The Morgan fingerprint density at radius 1 is 1.13 bits per heavy atom. The summed E-state index contributed by atoms with van der Waals surface area (Å²) in [6.45, 7) is 2.03. The van der Waals surface area contributed by atoms with Gasteiger partial charge in [-0.25, -0.2) is 9.48 Å². The molecule has 1 fully saturated rings. The Morgan fingerprint density at radius 3 is 2.57 bits per heavy atom. The van der Waals surface area contributed by atoms with Gasteiger partial charge in [0.05, 0.1) is 34.6 Å². The van der Waals surface area contributed by atoms with Crippen LogP contribution in [0.5, 0.6) is 0 Å². The normalized spacial score (nSPS) is 15.1. The third kappa shape index (κ3) is 3.90. The predicted molar refractivity (Wildman–Crippen MR) is 117 cm³/mol. The summed E-state index contributed by atoms with van der Waals surface area (Å²) in [6.07, 6.45) is 5.23. The summed E-state index contributed by atoms with van der Waals surface area (Å²) in [4.78, 5) is 26.4. The second-order valence-electron chi connectivity index (χ2n) is 6.38. The molecule has 8 heteroatoms. The number of benzene rings is 2. The number of rotatable bonds is 5. The average Bonchev–Trinajstić information content (AvgIpc) is 3.33. The highest BCUT2D eigenvalue weighted by Crippen LogP contribution is 2.35. The molecule has 0 saturated carbocycles. The first-order chi connectivity index (χ1) is 14.6. The molecule has 2 aromatic carbocycles. The van der Waals surface area contributed by atoms with E-state index in [1.54, 1.807) is 48.1 Å². The number of amidine groups is 1. The Labute approximate surface area is 177 Å². The Kier molecular flexibility index (Phi) is 5.49. The van der Waals surface area contributed by atoms with Gasteiger partial charge >= 0.3 is 5.97 Å². The van der Waals surface area contributed by atoms with E-state index in [4.69, 9.17) is 10.1 Å². The van der Waals surface area contributed by atoms with Crippen LogP contribution in [0.15, 0.2) is 71.9 Å². The smallest absolute Gasteiger partial charge is 0.338 e. The minimum atomic E-state index is -0.419. The number of carbonyl (C=O) groups is 2. The van der Waals surface area contributed by atoms with Crippen LogP contribution in [-0.4, -0.2) is 33.4 Å². The lowest BCUT2D eigenvalue weighted by atomic mass is 10.2. The third-order valence-electron chi connectivity index (χ3n) is 4.38. The number of ether oxygens (including phenoxy) is 1. The van der Waals surface area contributed by atoms with Gasteiger partial charge in [0.1, 0.15) is 0 Å². The number of nitrogens with zero attached hydrogens (tertiary/aromatic N) is 3. The van der Waals surface area contributed by atoms with Crippen molar-refractivity contribution >= 4 is 40.6 Å². The fourth-order valence-electron chi connectivity index (χ4n) is 2.97. The van der Waals surface area contributed by atoms with E-state index in [0.717, 1.165) is 23.0 Å². The first-order valence-electron chi connectivity index (χ1n) is 9.26. The zero-order valence-electron chi connectivity index (χ0n) is 16.1. The molecule has 2 heterocycles. The third-order valence-corrected chi connectivity index (χ3v) is 5.27. The second kappa shape index (κ2) is 8.38. The van der Waals surface area contributed by atoms with Crippen LogP contribution in [0.4, 0.5) is 5.69 Å². The Balaban J connectivity index is 1.54. The Bertz CT molecular complexity index is 1140. The van der Waals surface area contributed by atoms with E-state index in [2.05, 4.69) is 5.10 Å². The summed E-state index contributed by atoms with van der Waals surface area (Å²) >= 11 is 1.09. The number of hydrogen-bond donors (Lipinski definition) is 1. The van der Waals surface area contributed by atoms with E-state index in [9.17, 15) is 9.59 Å². The van der Waals surface area contributed by atoms with Crippen LogP contribution in [0.1, 0.15) is 22.8 Å². The van der Waals surface area contributed by atoms with Gasteiger partial charge in [-0.15, -0.1) is 0 Å². The number of hydrogen-bond acceptors (Lipinski definition) is 6. The van der Waals surface area contributed by atoms with Gasteiger partial charge in [0, 0.05) is 11.8 Å². The minimum Gasteiger partial charge on any atom is -0.462 e. The number of esters is 1. The number of carbonyl (C=O) groups excluding carboxylic acids is 2. The zero-order valence-corrected chi connectivity index (χ0v) is 16.9. The first-order valence-corrected chi connectivity index (χ1v) is 10.1. The standard InChI is InChI=1S/C22H18N4O3S/c1-2-29-21(28)16-8-10-18(11-9-16)26-20(27)19(30-22(26)23)12-15-13-24-25(14-15)17-6-4-3-5-7-17/h3-14,23H,2H2,1H3/b19-12+,23-22?. The predicted octanol–water partition coefficient (Wildman–Crippen LogP) is 4.10. The fourth-order valence-corrected chi connectivity index (χ4v) is 3.83. The topological polar surface area (TPSA) is 88.3 Å². The molecule has 0 bridgehead atoms. The maximum atomic E-state index is 12.9. The molecule has 1 N–H and O–H groups in total. The lowest BCUT2D eigenvalue weighted by Gasteiger charge is -2.14. The first kappa shape index (κ1) is 19.7. The maximum absolute atomic E-state index is 12.9. The molecule has 3 aromatic rings. The molecule has 1 saturated heterocycles. The van der Waals surface area contributed by atoms with Crippen LogP contribution in [-0.2, 0) is 9.53 Å². The van der Waals surface area contributed by atoms with Gasteiger partial charge in [-0.2, -0.15) is 5.10 Å². The van der Waals surface area contributed by atoms with Crippen molar-refractivity contribution in [1.29, 1.82) is 5.41 Å². The number of para-hydroxylation sites is 1. The molecule has 1 aliphatic heterocycles. The molecule has 0 aliphatic carbocycles. The van der Waals surface area contributed by atoms with Gasteiger partial charge < -0.3 is 4.74 Å². The molecular formula is C22H18N4O3S. The highest BCUT2D eigenvalue weighted by molar-refractivity contribution is 8.19. The number of nitrogens with one attached hydrogen (secondary N) is 1. The Hall–Kier alpha value is -3.65. The van der Waals surface area contributed by atoms with Crippen molar-refractivity contribution in [3.05, 3.63) is 83.0 Å². The van der Waals surface area contributed by atoms with E-state index in [0.29, 0.717) is 22.8 Å². The lowest BCUT2D eigenvalue weighted by molar-refractivity contribution is -0.113. The van der Waals surface area contributed by atoms with Crippen LogP contribution in [0, 0.1) is 5.41 Å². The number of amides is 1. The molecule has 0 unspecified atom stereocenters. The highest BCUT2D eigenvalue weighted by Gasteiger charge is 2.33.